The van der Waals surface area contributed by atoms with Gasteiger partial charge in [0.1, 0.15) is 5.75 Å². The molecule has 28 heavy (non-hydrogen) atoms. The molecule has 3 N–H and O–H groups in total. The second kappa shape index (κ2) is 7.44. The van der Waals surface area contributed by atoms with Crippen LogP contribution in [0, 0.1) is 11.6 Å². The molecule has 0 saturated carbocycles. The Bertz CT molecular complexity index is 1160. The predicted octanol–water partition coefficient (Wildman–Crippen LogP) is 2.94. The van der Waals surface area contributed by atoms with Gasteiger partial charge in [0.05, 0.1) is 25.4 Å². The van der Waals surface area contributed by atoms with Crippen LogP contribution in [0.2, 0.25) is 0 Å². The van der Waals surface area contributed by atoms with Gasteiger partial charge >= 0.3 is 0 Å². The molecular formula is C17H15F2N3O5S. The minimum absolute atomic E-state index is 0.177. The SMILES string of the molecule is COc1cc2nccc(Oc3cc(F)c(NS(N)(=O)=O)cc3F)c2cc1OC. The van der Waals surface area contributed by atoms with E-state index in [0.29, 0.717) is 34.5 Å². The van der Waals surface area contributed by atoms with Crippen molar-refractivity contribution in [1.29, 1.82) is 0 Å². The van der Waals surface area contributed by atoms with Crippen LogP contribution in [0.5, 0.6) is 23.0 Å². The van der Waals surface area contributed by atoms with Crippen LogP contribution in [0.3, 0.4) is 0 Å². The molecular weight excluding hydrogens is 396 g/mol. The summed E-state index contributed by atoms with van der Waals surface area (Å²) in [5, 5.41) is 5.24. The van der Waals surface area contributed by atoms with E-state index in [9.17, 15) is 17.2 Å². The fraction of sp³-hybridized carbons (Fsp3) is 0.118. The van der Waals surface area contributed by atoms with Crippen molar-refractivity contribution in [2.24, 2.45) is 5.14 Å². The average molecular weight is 411 g/mol. The molecule has 2 aromatic carbocycles. The maximum absolute atomic E-state index is 14.3. The molecule has 0 bridgehead atoms. The number of ether oxygens (including phenoxy) is 3. The second-order valence-electron chi connectivity index (χ2n) is 5.55. The summed E-state index contributed by atoms with van der Waals surface area (Å²) in [6, 6.07) is 5.98. The molecule has 1 aromatic heterocycles. The van der Waals surface area contributed by atoms with Gasteiger partial charge in [-0.1, -0.05) is 0 Å². The minimum Gasteiger partial charge on any atom is -0.493 e. The maximum Gasteiger partial charge on any atom is 0.296 e. The normalized spacial score (nSPS) is 11.3. The van der Waals surface area contributed by atoms with Crippen molar-refractivity contribution < 1.29 is 31.4 Å². The van der Waals surface area contributed by atoms with Gasteiger partial charge in [-0.25, -0.2) is 13.9 Å². The number of halogens is 2. The highest BCUT2D eigenvalue weighted by atomic mass is 32.2. The van der Waals surface area contributed by atoms with Crippen molar-refractivity contribution >= 4 is 26.8 Å². The number of rotatable bonds is 6. The summed E-state index contributed by atoms with van der Waals surface area (Å²) in [5.41, 5.74) is -0.165. The Kier molecular flexibility index (Phi) is 5.21. The summed E-state index contributed by atoms with van der Waals surface area (Å²) in [5.74, 6) is -1.51. The summed E-state index contributed by atoms with van der Waals surface area (Å²) >= 11 is 0. The van der Waals surface area contributed by atoms with Gasteiger partial charge in [0, 0.05) is 29.8 Å². The van der Waals surface area contributed by atoms with E-state index in [-0.39, 0.29) is 5.75 Å². The third-order valence-corrected chi connectivity index (χ3v) is 4.20. The van der Waals surface area contributed by atoms with Crippen LogP contribution >= 0.6 is 0 Å². The summed E-state index contributed by atoms with van der Waals surface area (Å²) in [7, 11) is -1.34. The Balaban J connectivity index is 2.04. The van der Waals surface area contributed by atoms with E-state index in [1.165, 1.54) is 26.5 Å². The van der Waals surface area contributed by atoms with E-state index in [2.05, 4.69) is 4.98 Å². The molecule has 3 rings (SSSR count). The van der Waals surface area contributed by atoms with Gasteiger partial charge in [-0.05, 0) is 12.1 Å². The van der Waals surface area contributed by atoms with Gasteiger partial charge < -0.3 is 14.2 Å². The molecule has 0 atom stereocenters. The van der Waals surface area contributed by atoms with Gasteiger partial charge in [-0.3, -0.25) is 9.71 Å². The summed E-state index contributed by atoms with van der Waals surface area (Å²) < 4.78 is 68.1. The molecule has 0 saturated heterocycles. The van der Waals surface area contributed by atoms with Crippen LogP contribution in [0.4, 0.5) is 14.5 Å². The lowest BCUT2D eigenvalue weighted by Gasteiger charge is -2.13. The Hall–Kier alpha value is -3.18. The fourth-order valence-corrected chi connectivity index (χ4v) is 2.96. The van der Waals surface area contributed by atoms with E-state index < -0.39 is 33.3 Å². The van der Waals surface area contributed by atoms with Crippen LogP contribution in [-0.2, 0) is 10.2 Å². The first-order valence-corrected chi connectivity index (χ1v) is 9.24. The Morgan fingerprint density at radius 1 is 0.964 bits per heavy atom. The van der Waals surface area contributed by atoms with Gasteiger partial charge in [0.25, 0.3) is 10.2 Å². The van der Waals surface area contributed by atoms with E-state index in [0.717, 1.165) is 0 Å². The third kappa shape index (κ3) is 4.05. The lowest BCUT2D eigenvalue weighted by atomic mass is 10.2. The van der Waals surface area contributed by atoms with Crippen LogP contribution in [0.15, 0.2) is 36.5 Å². The highest BCUT2D eigenvalue weighted by Gasteiger charge is 2.17. The van der Waals surface area contributed by atoms with E-state index in [4.69, 9.17) is 19.3 Å². The number of pyridine rings is 1. The third-order valence-electron chi connectivity index (χ3n) is 3.70. The standard InChI is InChI=1S/C17H15F2N3O5S/c1-25-16-5-9-12(8-17(16)26-2)21-4-3-14(9)27-15-7-10(18)13(6-11(15)19)22-28(20,23)24/h3-8,22H,1-2H3,(H2,20,23,24). The zero-order valence-electron chi connectivity index (χ0n) is 14.7. The van der Waals surface area contributed by atoms with Crippen LogP contribution in [-0.4, -0.2) is 27.6 Å². The Morgan fingerprint density at radius 3 is 2.29 bits per heavy atom. The molecule has 0 aliphatic heterocycles. The van der Waals surface area contributed by atoms with E-state index in [1.807, 2.05) is 0 Å². The first kappa shape index (κ1) is 19.6. The predicted molar refractivity (Wildman–Crippen MR) is 98.0 cm³/mol. The molecule has 0 amide bonds. The number of nitrogens with two attached hydrogens (primary N) is 1. The molecule has 8 nitrogen and oxygen atoms in total. The molecule has 1 heterocycles. The lowest BCUT2D eigenvalue weighted by Crippen LogP contribution is -2.22. The van der Waals surface area contributed by atoms with Crippen molar-refractivity contribution in [3.63, 3.8) is 0 Å². The number of anilines is 1. The maximum atomic E-state index is 14.3. The number of benzene rings is 2. The van der Waals surface area contributed by atoms with Crippen molar-refractivity contribution in [2.75, 3.05) is 18.9 Å². The van der Waals surface area contributed by atoms with Crippen molar-refractivity contribution in [1.82, 2.24) is 4.98 Å². The Labute approximate surface area is 159 Å². The summed E-state index contributed by atoms with van der Waals surface area (Å²) in [6.45, 7) is 0. The first-order valence-electron chi connectivity index (χ1n) is 7.70. The quantitative estimate of drug-likeness (QED) is 0.645. The summed E-state index contributed by atoms with van der Waals surface area (Å²) in [6.07, 6.45) is 1.43. The number of nitrogens with zero attached hydrogens (tertiary/aromatic N) is 1. The van der Waals surface area contributed by atoms with Crippen LogP contribution in [0.1, 0.15) is 0 Å². The van der Waals surface area contributed by atoms with Gasteiger partial charge in [0.2, 0.25) is 0 Å². The van der Waals surface area contributed by atoms with Gasteiger partial charge in [-0.15, -0.1) is 0 Å². The number of nitrogens with one attached hydrogen (secondary N) is 1. The molecule has 148 valence electrons. The zero-order valence-corrected chi connectivity index (χ0v) is 15.5. The molecule has 0 spiro atoms. The topological polar surface area (TPSA) is 113 Å². The molecule has 11 heteroatoms. The highest BCUT2D eigenvalue weighted by Crippen LogP contribution is 2.38. The molecule has 0 unspecified atom stereocenters. The van der Waals surface area contributed by atoms with Gasteiger partial charge in [0.15, 0.2) is 28.9 Å². The minimum atomic E-state index is -4.26. The average Bonchev–Trinajstić information content (AvgIpc) is 2.63. The first-order chi connectivity index (χ1) is 13.2. The van der Waals surface area contributed by atoms with Crippen LogP contribution < -0.4 is 24.1 Å². The number of hydrogen-bond donors (Lipinski definition) is 2. The highest BCUT2D eigenvalue weighted by molar-refractivity contribution is 7.90. The van der Waals surface area contributed by atoms with Crippen LogP contribution in [0.25, 0.3) is 10.9 Å². The zero-order chi connectivity index (χ0) is 20.5. The largest absolute Gasteiger partial charge is 0.493 e. The van der Waals surface area contributed by atoms with Gasteiger partial charge in [-0.2, -0.15) is 8.42 Å². The Morgan fingerprint density at radius 2 is 1.64 bits per heavy atom. The van der Waals surface area contributed by atoms with Crippen molar-refractivity contribution in [2.45, 2.75) is 0 Å². The number of fused-ring (bicyclic) bond motifs is 1. The summed E-state index contributed by atoms with van der Waals surface area (Å²) in [4.78, 5) is 4.19. The molecule has 0 radical (unpaired) electrons. The monoisotopic (exact) mass is 411 g/mol. The molecule has 0 fully saturated rings. The fourth-order valence-electron chi connectivity index (χ4n) is 2.49. The number of hydrogen-bond acceptors (Lipinski definition) is 6. The number of methoxy groups -OCH3 is 2. The molecule has 0 aliphatic rings. The lowest BCUT2D eigenvalue weighted by molar-refractivity contribution is 0.355. The van der Waals surface area contributed by atoms with Crippen molar-refractivity contribution in [3.8, 4) is 23.0 Å². The van der Waals surface area contributed by atoms with Crippen molar-refractivity contribution in [3.05, 3.63) is 48.2 Å². The molecule has 3 aromatic rings. The number of aromatic nitrogens is 1. The van der Waals surface area contributed by atoms with E-state index in [1.54, 1.807) is 16.9 Å². The molecule has 0 aliphatic carbocycles. The second-order valence-corrected chi connectivity index (χ2v) is 6.84. The smallest absolute Gasteiger partial charge is 0.296 e. The van der Waals surface area contributed by atoms with E-state index >= 15 is 0 Å².